The van der Waals surface area contributed by atoms with Gasteiger partial charge in [-0.1, -0.05) is 12.1 Å². The molecule has 3 aromatic rings. The van der Waals surface area contributed by atoms with E-state index in [0.717, 1.165) is 16.8 Å². The number of amides is 2. The quantitative estimate of drug-likeness (QED) is 0.635. The summed E-state index contributed by atoms with van der Waals surface area (Å²) < 4.78 is 12.6. The molecule has 0 aliphatic carbocycles. The van der Waals surface area contributed by atoms with E-state index in [1.807, 2.05) is 67.1 Å². The van der Waals surface area contributed by atoms with Gasteiger partial charge in [0.15, 0.2) is 0 Å². The molecule has 0 saturated carbocycles. The van der Waals surface area contributed by atoms with Crippen molar-refractivity contribution in [2.75, 3.05) is 14.2 Å². The molecule has 7 nitrogen and oxygen atoms in total. The first-order valence-electron chi connectivity index (χ1n) is 9.39. The number of aromatic nitrogens is 2. The van der Waals surface area contributed by atoms with Crippen molar-refractivity contribution in [2.45, 2.75) is 25.9 Å². The van der Waals surface area contributed by atoms with Crippen molar-refractivity contribution in [2.24, 2.45) is 0 Å². The third-order valence-electron chi connectivity index (χ3n) is 4.79. The molecule has 1 heterocycles. The molecule has 7 heteroatoms. The van der Waals surface area contributed by atoms with Gasteiger partial charge in [-0.2, -0.15) is 0 Å². The van der Waals surface area contributed by atoms with E-state index in [9.17, 15) is 4.79 Å². The number of urea groups is 1. The first-order valence-corrected chi connectivity index (χ1v) is 9.39. The average molecular weight is 394 g/mol. The number of nitrogens with one attached hydrogen (secondary N) is 2. The number of methoxy groups -OCH3 is 2. The van der Waals surface area contributed by atoms with Gasteiger partial charge in [-0.15, -0.1) is 0 Å². The summed E-state index contributed by atoms with van der Waals surface area (Å²) >= 11 is 0. The van der Waals surface area contributed by atoms with Gasteiger partial charge in [-0.25, -0.2) is 9.78 Å². The minimum atomic E-state index is -0.256. The van der Waals surface area contributed by atoms with Crippen LogP contribution in [0.3, 0.4) is 0 Å². The van der Waals surface area contributed by atoms with Gasteiger partial charge in [-0.05, 0) is 49.7 Å². The summed E-state index contributed by atoms with van der Waals surface area (Å²) in [4.78, 5) is 16.6. The lowest BCUT2D eigenvalue weighted by molar-refractivity contribution is 0.234. The lowest BCUT2D eigenvalue weighted by Gasteiger charge is -2.21. The maximum atomic E-state index is 12.5. The van der Waals surface area contributed by atoms with Crippen LogP contribution in [0.4, 0.5) is 4.79 Å². The molecule has 2 N–H and O–H groups in total. The number of carbonyl (C=O) groups excluding carboxylic acids is 1. The highest BCUT2D eigenvalue weighted by atomic mass is 16.5. The zero-order chi connectivity index (χ0) is 20.8. The summed E-state index contributed by atoms with van der Waals surface area (Å²) in [6, 6.07) is 12.8. The molecule has 0 bridgehead atoms. The highest BCUT2D eigenvalue weighted by molar-refractivity contribution is 5.75. The van der Waals surface area contributed by atoms with Crippen LogP contribution < -0.4 is 20.1 Å². The molecular weight excluding hydrogens is 368 g/mol. The monoisotopic (exact) mass is 394 g/mol. The van der Waals surface area contributed by atoms with Gasteiger partial charge in [0, 0.05) is 23.6 Å². The maximum Gasteiger partial charge on any atom is 0.315 e. The summed E-state index contributed by atoms with van der Waals surface area (Å²) in [5.74, 6) is 1.41. The Labute approximate surface area is 170 Å². The largest absolute Gasteiger partial charge is 0.497 e. The van der Waals surface area contributed by atoms with Crippen LogP contribution >= 0.6 is 0 Å². The first-order chi connectivity index (χ1) is 14.0. The van der Waals surface area contributed by atoms with Crippen LogP contribution in [0.25, 0.3) is 5.69 Å². The summed E-state index contributed by atoms with van der Waals surface area (Å²) in [6.07, 6.45) is 5.37. The van der Waals surface area contributed by atoms with Gasteiger partial charge in [0.2, 0.25) is 0 Å². The Kier molecular flexibility index (Phi) is 6.39. The fraction of sp³-hybridized carbons (Fsp3) is 0.273. The molecule has 2 aromatic carbocycles. The van der Waals surface area contributed by atoms with E-state index >= 15 is 0 Å². The second-order valence-electron chi connectivity index (χ2n) is 6.73. The van der Waals surface area contributed by atoms with Gasteiger partial charge in [0.25, 0.3) is 0 Å². The zero-order valence-electron chi connectivity index (χ0n) is 17.0. The van der Waals surface area contributed by atoms with Gasteiger partial charge >= 0.3 is 6.03 Å². The van der Waals surface area contributed by atoms with E-state index in [4.69, 9.17) is 9.47 Å². The van der Waals surface area contributed by atoms with Crippen molar-refractivity contribution < 1.29 is 14.3 Å². The van der Waals surface area contributed by atoms with Crippen molar-refractivity contribution in [3.63, 3.8) is 0 Å². The van der Waals surface area contributed by atoms with Crippen LogP contribution in [0.5, 0.6) is 11.5 Å². The number of carbonyl (C=O) groups is 1. The van der Waals surface area contributed by atoms with Crippen molar-refractivity contribution in [1.29, 1.82) is 0 Å². The predicted octanol–water partition coefficient (Wildman–Crippen LogP) is 4.01. The molecule has 0 unspecified atom stereocenters. The van der Waals surface area contributed by atoms with E-state index in [-0.39, 0.29) is 18.1 Å². The Balaban J connectivity index is 1.63. The molecule has 29 heavy (non-hydrogen) atoms. The molecule has 0 spiro atoms. The van der Waals surface area contributed by atoms with E-state index < -0.39 is 0 Å². The molecule has 2 amide bonds. The second kappa shape index (κ2) is 9.14. The van der Waals surface area contributed by atoms with Gasteiger partial charge in [0.1, 0.15) is 11.5 Å². The van der Waals surface area contributed by atoms with Crippen molar-refractivity contribution in [1.82, 2.24) is 20.2 Å². The molecule has 0 radical (unpaired) electrons. The van der Waals surface area contributed by atoms with Crippen LogP contribution in [0.2, 0.25) is 0 Å². The van der Waals surface area contributed by atoms with Gasteiger partial charge in [-0.3, -0.25) is 0 Å². The SMILES string of the molecule is COc1ccc(OC)c([C@H](C)NC(=O)N[C@H](C)c2ccc(-n3ccnc3)cc2)c1. The first kappa shape index (κ1) is 20.3. The third-order valence-corrected chi connectivity index (χ3v) is 4.79. The van der Waals surface area contributed by atoms with Crippen LogP contribution in [0, 0.1) is 0 Å². The third kappa shape index (κ3) is 4.87. The highest BCUT2D eigenvalue weighted by Gasteiger charge is 2.17. The van der Waals surface area contributed by atoms with Crippen LogP contribution in [0.1, 0.15) is 37.1 Å². The number of ether oxygens (including phenoxy) is 2. The molecular formula is C22H26N4O3. The number of hydrogen-bond acceptors (Lipinski definition) is 4. The van der Waals surface area contributed by atoms with E-state index in [1.54, 1.807) is 26.7 Å². The molecule has 152 valence electrons. The van der Waals surface area contributed by atoms with E-state index in [0.29, 0.717) is 11.5 Å². The molecule has 2 atom stereocenters. The van der Waals surface area contributed by atoms with Crippen molar-refractivity contribution >= 4 is 6.03 Å². The lowest BCUT2D eigenvalue weighted by atomic mass is 10.1. The molecule has 0 fully saturated rings. The minimum absolute atomic E-state index is 0.147. The van der Waals surface area contributed by atoms with Crippen LogP contribution in [-0.2, 0) is 0 Å². The summed E-state index contributed by atoms with van der Waals surface area (Å²) in [6.45, 7) is 3.85. The Morgan fingerprint density at radius 3 is 2.34 bits per heavy atom. The standard InChI is InChI=1S/C22H26N4O3/c1-15(17-5-7-18(8-6-17)26-12-11-23-14-26)24-22(27)25-16(2)20-13-19(28-3)9-10-21(20)29-4/h5-16H,1-4H3,(H2,24,25,27)/t15-,16+/m1/s1. The highest BCUT2D eigenvalue weighted by Crippen LogP contribution is 2.29. The number of rotatable bonds is 7. The molecule has 0 saturated heterocycles. The van der Waals surface area contributed by atoms with Gasteiger partial charge < -0.3 is 24.7 Å². The number of imidazole rings is 1. The zero-order valence-corrected chi connectivity index (χ0v) is 17.0. The molecule has 0 aliphatic rings. The average Bonchev–Trinajstić information content (AvgIpc) is 3.28. The number of benzene rings is 2. The predicted molar refractivity (Wildman–Crippen MR) is 112 cm³/mol. The minimum Gasteiger partial charge on any atom is -0.497 e. The van der Waals surface area contributed by atoms with E-state index in [2.05, 4.69) is 15.6 Å². The summed E-state index contributed by atoms with van der Waals surface area (Å²) in [7, 11) is 3.21. The summed E-state index contributed by atoms with van der Waals surface area (Å²) in [5.41, 5.74) is 2.87. The Bertz CT molecular complexity index is 939. The normalized spacial score (nSPS) is 12.7. The second-order valence-corrected chi connectivity index (χ2v) is 6.73. The molecule has 0 aliphatic heterocycles. The van der Waals surface area contributed by atoms with Crippen LogP contribution in [-0.4, -0.2) is 29.8 Å². The molecule has 1 aromatic heterocycles. The van der Waals surface area contributed by atoms with Crippen LogP contribution in [0.15, 0.2) is 61.2 Å². The smallest absolute Gasteiger partial charge is 0.315 e. The number of hydrogen-bond donors (Lipinski definition) is 2. The number of nitrogens with zero attached hydrogens (tertiary/aromatic N) is 2. The Morgan fingerprint density at radius 2 is 1.72 bits per heavy atom. The van der Waals surface area contributed by atoms with Crippen molar-refractivity contribution in [3.8, 4) is 17.2 Å². The Morgan fingerprint density at radius 1 is 1.00 bits per heavy atom. The lowest BCUT2D eigenvalue weighted by Crippen LogP contribution is -2.38. The topological polar surface area (TPSA) is 77.4 Å². The Hall–Kier alpha value is -3.48. The van der Waals surface area contributed by atoms with Gasteiger partial charge in [0.05, 0.1) is 32.6 Å². The fourth-order valence-corrected chi connectivity index (χ4v) is 3.12. The van der Waals surface area contributed by atoms with Crippen molar-refractivity contribution in [3.05, 3.63) is 72.3 Å². The molecule has 3 rings (SSSR count). The summed E-state index contributed by atoms with van der Waals surface area (Å²) in [5, 5.41) is 5.93. The van der Waals surface area contributed by atoms with E-state index in [1.165, 1.54) is 0 Å². The maximum absolute atomic E-state index is 12.5. The fourth-order valence-electron chi connectivity index (χ4n) is 3.12.